The molecule has 0 atom stereocenters. The number of amides is 2. The second kappa shape index (κ2) is 12.6. The molecule has 0 saturated carbocycles. The molecule has 3 aromatic rings. The van der Waals surface area contributed by atoms with Crippen molar-refractivity contribution in [3.8, 4) is 0 Å². The molecule has 0 radical (unpaired) electrons. The molecule has 3 aromatic carbocycles. The lowest BCUT2D eigenvalue weighted by Crippen LogP contribution is -2.32. The monoisotopic (exact) mass is 485 g/mol. The number of hydrazone groups is 1. The van der Waals surface area contributed by atoms with Crippen LogP contribution in [0.1, 0.15) is 35.3 Å². The van der Waals surface area contributed by atoms with E-state index in [2.05, 4.69) is 34.6 Å². The van der Waals surface area contributed by atoms with Gasteiger partial charge in [0.1, 0.15) is 5.70 Å². The highest BCUT2D eigenvalue weighted by Crippen LogP contribution is 2.16. The Labute approximate surface area is 209 Å². The summed E-state index contributed by atoms with van der Waals surface area (Å²) in [5.41, 5.74) is 4.76. The zero-order valence-electron chi connectivity index (χ0n) is 20.0. The first-order valence-corrected chi connectivity index (χ1v) is 11.4. The Balaban J connectivity index is 1.79. The van der Waals surface area contributed by atoms with Crippen LogP contribution in [0.4, 0.5) is 11.4 Å². The molecule has 9 heteroatoms. The summed E-state index contributed by atoms with van der Waals surface area (Å²) in [7, 11) is 0. The van der Waals surface area contributed by atoms with Crippen LogP contribution in [-0.2, 0) is 4.79 Å². The van der Waals surface area contributed by atoms with E-state index in [-0.39, 0.29) is 11.4 Å². The van der Waals surface area contributed by atoms with Gasteiger partial charge >= 0.3 is 0 Å². The Morgan fingerprint density at radius 1 is 0.944 bits per heavy atom. The molecule has 2 amide bonds. The molecule has 3 rings (SSSR count). The second-order valence-electron chi connectivity index (χ2n) is 7.69. The summed E-state index contributed by atoms with van der Waals surface area (Å²) in [5, 5.41) is 17.7. The lowest BCUT2D eigenvalue weighted by atomic mass is 10.1. The molecule has 0 aromatic heterocycles. The quantitative estimate of drug-likeness (QED) is 0.191. The third-order valence-electron chi connectivity index (χ3n) is 5.32. The van der Waals surface area contributed by atoms with Crippen molar-refractivity contribution in [3.05, 3.63) is 111 Å². The predicted molar refractivity (Wildman–Crippen MR) is 141 cm³/mol. The number of carbonyl (C=O) groups is 2. The lowest BCUT2D eigenvalue weighted by Gasteiger charge is -2.20. The summed E-state index contributed by atoms with van der Waals surface area (Å²) in [5.74, 6) is -1.18. The summed E-state index contributed by atoms with van der Waals surface area (Å²) in [4.78, 5) is 38.4. The Morgan fingerprint density at radius 3 is 2.28 bits per heavy atom. The van der Waals surface area contributed by atoms with Crippen LogP contribution in [0.15, 0.2) is 89.7 Å². The molecule has 2 N–H and O–H groups in total. The fourth-order valence-electron chi connectivity index (χ4n) is 3.42. The van der Waals surface area contributed by atoms with E-state index in [1.54, 1.807) is 36.4 Å². The van der Waals surface area contributed by atoms with Crippen LogP contribution in [0, 0.1) is 10.1 Å². The maximum absolute atomic E-state index is 12.9. The van der Waals surface area contributed by atoms with Crippen molar-refractivity contribution in [2.75, 3.05) is 18.0 Å². The molecule has 0 aliphatic carbocycles. The zero-order chi connectivity index (χ0) is 25.9. The normalized spacial score (nSPS) is 11.2. The summed E-state index contributed by atoms with van der Waals surface area (Å²) >= 11 is 0. The molecule has 0 bridgehead atoms. The van der Waals surface area contributed by atoms with Gasteiger partial charge in [-0.2, -0.15) is 5.10 Å². The van der Waals surface area contributed by atoms with Crippen LogP contribution in [0.5, 0.6) is 0 Å². The molecule has 184 valence electrons. The standard InChI is InChI=1S/C27H27N5O4/c1-3-31(4-2)23-15-13-20(14-16-23)19-28-30-27(34)25(29-26(33)22-10-6-5-7-11-22)18-21-9-8-12-24(17-21)32(35)36/h5-19H,3-4H2,1-2H3,(H,29,33)(H,30,34). The smallest absolute Gasteiger partial charge is 0.287 e. The molecular weight excluding hydrogens is 458 g/mol. The average Bonchev–Trinajstić information content (AvgIpc) is 2.90. The number of carbonyl (C=O) groups excluding carboxylic acids is 2. The molecule has 9 nitrogen and oxygen atoms in total. The highest BCUT2D eigenvalue weighted by molar-refractivity contribution is 6.05. The Kier molecular flexibility index (Phi) is 9.05. The Hall–Kier alpha value is -4.79. The number of non-ortho nitro benzene ring substituents is 1. The number of rotatable bonds is 10. The van der Waals surface area contributed by atoms with Crippen LogP contribution >= 0.6 is 0 Å². The number of anilines is 1. The highest BCUT2D eigenvalue weighted by atomic mass is 16.6. The van der Waals surface area contributed by atoms with Gasteiger partial charge in [-0.3, -0.25) is 19.7 Å². The van der Waals surface area contributed by atoms with E-state index < -0.39 is 16.7 Å². The van der Waals surface area contributed by atoms with Gasteiger partial charge in [0.25, 0.3) is 17.5 Å². The molecular formula is C27H27N5O4. The van der Waals surface area contributed by atoms with Crippen LogP contribution in [0.2, 0.25) is 0 Å². The molecule has 0 heterocycles. The predicted octanol–water partition coefficient (Wildman–Crippen LogP) is 4.36. The topological polar surface area (TPSA) is 117 Å². The van der Waals surface area contributed by atoms with E-state index in [4.69, 9.17) is 0 Å². The number of hydrogen-bond acceptors (Lipinski definition) is 6. The minimum atomic E-state index is -0.679. The molecule has 0 fully saturated rings. The van der Waals surface area contributed by atoms with Crippen LogP contribution in [-0.4, -0.2) is 36.0 Å². The Bertz CT molecular complexity index is 1270. The first-order chi connectivity index (χ1) is 17.4. The fourth-order valence-corrected chi connectivity index (χ4v) is 3.42. The van der Waals surface area contributed by atoms with E-state index in [9.17, 15) is 19.7 Å². The van der Waals surface area contributed by atoms with E-state index in [0.717, 1.165) is 24.3 Å². The number of nitro groups is 1. The zero-order valence-corrected chi connectivity index (χ0v) is 20.0. The molecule has 36 heavy (non-hydrogen) atoms. The summed E-state index contributed by atoms with van der Waals surface area (Å²) < 4.78 is 0. The minimum Gasteiger partial charge on any atom is -0.372 e. The third-order valence-corrected chi connectivity index (χ3v) is 5.32. The summed E-state index contributed by atoms with van der Waals surface area (Å²) in [6, 6.07) is 21.9. The van der Waals surface area contributed by atoms with Crippen molar-refractivity contribution < 1.29 is 14.5 Å². The maximum Gasteiger partial charge on any atom is 0.287 e. The van der Waals surface area contributed by atoms with Gasteiger partial charge in [0, 0.05) is 36.5 Å². The first kappa shape index (κ1) is 25.8. The van der Waals surface area contributed by atoms with Gasteiger partial charge in [-0.1, -0.05) is 42.5 Å². The van der Waals surface area contributed by atoms with Crippen LogP contribution in [0.3, 0.4) is 0 Å². The van der Waals surface area contributed by atoms with Crippen molar-refractivity contribution in [3.63, 3.8) is 0 Å². The van der Waals surface area contributed by atoms with Gasteiger partial charge in [-0.15, -0.1) is 0 Å². The van der Waals surface area contributed by atoms with Gasteiger partial charge < -0.3 is 10.2 Å². The third kappa shape index (κ3) is 7.10. The molecule has 0 saturated heterocycles. The SMILES string of the molecule is CCN(CC)c1ccc(C=NNC(=O)C(=Cc2cccc([N+](=O)[O-])c2)NC(=O)c2ccccc2)cc1. The van der Waals surface area contributed by atoms with Crippen molar-refractivity contribution >= 4 is 35.5 Å². The Morgan fingerprint density at radius 2 is 1.64 bits per heavy atom. The van der Waals surface area contributed by atoms with E-state index in [1.807, 2.05) is 24.3 Å². The van der Waals surface area contributed by atoms with Crippen molar-refractivity contribution in [1.82, 2.24) is 10.7 Å². The molecule has 0 aliphatic rings. The van der Waals surface area contributed by atoms with Crippen LogP contribution in [0.25, 0.3) is 6.08 Å². The minimum absolute atomic E-state index is 0.113. The maximum atomic E-state index is 12.9. The van der Waals surface area contributed by atoms with Crippen molar-refractivity contribution in [1.29, 1.82) is 0 Å². The van der Waals surface area contributed by atoms with E-state index >= 15 is 0 Å². The molecule has 0 unspecified atom stereocenters. The summed E-state index contributed by atoms with van der Waals surface area (Å²) in [6.07, 6.45) is 2.85. The first-order valence-electron chi connectivity index (χ1n) is 11.4. The van der Waals surface area contributed by atoms with Crippen LogP contribution < -0.4 is 15.6 Å². The number of nitro benzene ring substituents is 1. The summed E-state index contributed by atoms with van der Waals surface area (Å²) in [6.45, 7) is 5.97. The highest BCUT2D eigenvalue weighted by Gasteiger charge is 2.15. The van der Waals surface area contributed by atoms with Crippen molar-refractivity contribution in [2.24, 2.45) is 5.10 Å². The van der Waals surface area contributed by atoms with E-state index in [0.29, 0.717) is 11.1 Å². The van der Waals surface area contributed by atoms with Gasteiger partial charge in [0.05, 0.1) is 11.1 Å². The van der Waals surface area contributed by atoms with Crippen molar-refractivity contribution in [2.45, 2.75) is 13.8 Å². The number of hydrogen-bond donors (Lipinski definition) is 2. The molecule has 0 aliphatic heterocycles. The number of nitrogens with zero attached hydrogens (tertiary/aromatic N) is 3. The van der Waals surface area contributed by atoms with Gasteiger partial charge in [0.15, 0.2) is 0 Å². The van der Waals surface area contributed by atoms with Gasteiger partial charge in [-0.05, 0) is 55.3 Å². The lowest BCUT2D eigenvalue weighted by molar-refractivity contribution is -0.384. The van der Waals surface area contributed by atoms with Gasteiger partial charge in [-0.25, -0.2) is 5.43 Å². The van der Waals surface area contributed by atoms with Gasteiger partial charge in [0.2, 0.25) is 0 Å². The number of benzene rings is 3. The molecule has 0 spiro atoms. The number of nitrogens with one attached hydrogen (secondary N) is 2. The van der Waals surface area contributed by atoms with E-state index in [1.165, 1.54) is 30.5 Å². The fraction of sp³-hybridized carbons (Fsp3) is 0.148. The average molecular weight is 486 g/mol. The largest absolute Gasteiger partial charge is 0.372 e. The second-order valence-corrected chi connectivity index (χ2v) is 7.69.